The highest BCUT2D eigenvalue weighted by Crippen LogP contribution is 2.34. The predicted molar refractivity (Wildman–Crippen MR) is 96.2 cm³/mol. The molecule has 0 aliphatic carbocycles. The lowest BCUT2D eigenvalue weighted by molar-refractivity contribution is -0.129. The van der Waals surface area contributed by atoms with Gasteiger partial charge in [-0.3, -0.25) is 4.79 Å². The van der Waals surface area contributed by atoms with Gasteiger partial charge in [0.05, 0.1) is 0 Å². The molecule has 2 aromatic carbocycles. The second-order valence-corrected chi connectivity index (χ2v) is 5.87. The first-order chi connectivity index (χ1) is 12.1. The van der Waals surface area contributed by atoms with Gasteiger partial charge in [-0.15, -0.1) is 0 Å². The molecule has 0 unspecified atom stereocenters. The molecule has 0 radical (unpaired) electrons. The molecule has 1 heterocycles. The molecule has 1 aliphatic heterocycles. The van der Waals surface area contributed by atoms with Crippen LogP contribution in [0.5, 0.6) is 5.75 Å². The summed E-state index contributed by atoms with van der Waals surface area (Å²) in [6, 6.07) is 15.5. The molecular weight excluding hydrogens is 314 g/mol. The van der Waals surface area contributed by atoms with Gasteiger partial charge in [0, 0.05) is 25.1 Å². The molecule has 0 N–H and O–H groups in total. The zero-order valence-electron chi connectivity index (χ0n) is 13.9. The molecule has 0 saturated carbocycles. The number of benzene rings is 2. The van der Waals surface area contributed by atoms with Crippen molar-refractivity contribution >= 4 is 11.9 Å². The molecule has 0 aromatic heterocycles. The maximum Gasteiger partial charge on any atom is 0.335 e. The van der Waals surface area contributed by atoms with E-state index in [1.54, 1.807) is 11.0 Å². The minimum absolute atomic E-state index is 0.0104. The van der Waals surface area contributed by atoms with Crippen molar-refractivity contribution in [2.75, 3.05) is 6.54 Å². The van der Waals surface area contributed by atoms with Gasteiger partial charge in [0.1, 0.15) is 5.75 Å². The molecule has 1 aliphatic rings. The summed E-state index contributed by atoms with van der Waals surface area (Å²) in [5.41, 5.74) is 3.29. The molecule has 0 bridgehead atoms. The first-order valence-corrected chi connectivity index (χ1v) is 8.05. The van der Waals surface area contributed by atoms with Crippen molar-refractivity contribution in [2.45, 2.75) is 12.5 Å². The molecule has 4 heteroatoms. The van der Waals surface area contributed by atoms with E-state index < -0.39 is 5.97 Å². The Morgan fingerprint density at radius 2 is 1.88 bits per heavy atom. The van der Waals surface area contributed by atoms with Crippen LogP contribution in [0.3, 0.4) is 0 Å². The number of carbonyl (C=O) groups excluding carboxylic acids is 2. The number of ether oxygens (including phenoxy) is 1. The molecule has 126 valence electrons. The average molecular weight is 333 g/mol. The van der Waals surface area contributed by atoms with E-state index in [2.05, 4.69) is 19.2 Å². The fourth-order valence-electron chi connectivity index (χ4n) is 3.14. The first-order valence-electron chi connectivity index (χ1n) is 8.05. The number of amides is 1. The smallest absolute Gasteiger partial charge is 0.335 e. The second-order valence-electron chi connectivity index (χ2n) is 5.87. The van der Waals surface area contributed by atoms with Crippen LogP contribution >= 0.6 is 0 Å². The van der Waals surface area contributed by atoms with Crippen molar-refractivity contribution in [3.05, 3.63) is 90.5 Å². The number of esters is 1. The van der Waals surface area contributed by atoms with Crippen LogP contribution in [0.2, 0.25) is 0 Å². The lowest BCUT2D eigenvalue weighted by Crippen LogP contribution is -2.37. The lowest BCUT2D eigenvalue weighted by Gasteiger charge is -2.34. The summed E-state index contributed by atoms with van der Waals surface area (Å²) in [7, 11) is 0. The van der Waals surface area contributed by atoms with Crippen LogP contribution in [0.4, 0.5) is 0 Å². The molecule has 0 saturated heterocycles. The van der Waals surface area contributed by atoms with Gasteiger partial charge in [-0.2, -0.15) is 0 Å². The Morgan fingerprint density at radius 3 is 2.64 bits per heavy atom. The minimum Gasteiger partial charge on any atom is -0.423 e. The van der Waals surface area contributed by atoms with Gasteiger partial charge in [-0.1, -0.05) is 49.6 Å². The van der Waals surface area contributed by atoms with E-state index in [1.807, 2.05) is 36.4 Å². The zero-order chi connectivity index (χ0) is 17.8. The molecule has 1 atom stereocenters. The van der Waals surface area contributed by atoms with Crippen LogP contribution in [0.1, 0.15) is 22.6 Å². The number of nitrogens with zero attached hydrogens (tertiary/aromatic N) is 1. The molecule has 0 fully saturated rings. The highest BCUT2D eigenvalue weighted by Gasteiger charge is 2.28. The summed E-state index contributed by atoms with van der Waals surface area (Å²) in [5.74, 6) is -0.110. The highest BCUT2D eigenvalue weighted by atomic mass is 16.5. The number of fused-ring (bicyclic) bond motifs is 1. The summed E-state index contributed by atoms with van der Waals surface area (Å²) in [4.78, 5) is 25.4. The zero-order valence-corrected chi connectivity index (χ0v) is 13.9. The topological polar surface area (TPSA) is 46.6 Å². The predicted octanol–water partition coefficient (Wildman–Crippen LogP) is 3.44. The Kier molecular flexibility index (Phi) is 4.80. The Bertz CT molecular complexity index is 841. The van der Waals surface area contributed by atoms with E-state index in [9.17, 15) is 9.59 Å². The highest BCUT2D eigenvalue weighted by molar-refractivity contribution is 5.87. The van der Waals surface area contributed by atoms with Crippen LogP contribution in [0.25, 0.3) is 0 Å². The van der Waals surface area contributed by atoms with Gasteiger partial charge in [0.15, 0.2) is 0 Å². The summed E-state index contributed by atoms with van der Waals surface area (Å²) in [6.07, 6.45) is 2.47. The monoisotopic (exact) mass is 333 g/mol. The second kappa shape index (κ2) is 7.18. The van der Waals surface area contributed by atoms with Gasteiger partial charge in [-0.05, 0) is 34.9 Å². The van der Waals surface area contributed by atoms with Crippen molar-refractivity contribution in [3.8, 4) is 5.75 Å². The molecule has 1 amide bonds. The molecule has 2 aromatic rings. The Hall–Kier alpha value is -3.14. The van der Waals surface area contributed by atoms with Crippen LogP contribution in [0.15, 0.2) is 73.8 Å². The fourth-order valence-corrected chi connectivity index (χ4v) is 3.14. The number of hydrogen-bond donors (Lipinski definition) is 0. The number of rotatable bonds is 4. The normalized spacial score (nSPS) is 15.8. The van der Waals surface area contributed by atoms with E-state index in [4.69, 9.17) is 4.74 Å². The van der Waals surface area contributed by atoms with Gasteiger partial charge >= 0.3 is 5.97 Å². The van der Waals surface area contributed by atoms with Crippen LogP contribution in [-0.4, -0.2) is 23.3 Å². The minimum atomic E-state index is -0.496. The van der Waals surface area contributed by atoms with Crippen molar-refractivity contribution in [1.82, 2.24) is 4.90 Å². The Labute approximate surface area is 147 Å². The first kappa shape index (κ1) is 16.7. The molecule has 25 heavy (non-hydrogen) atoms. The van der Waals surface area contributed by atoms with Gasteiger partial charge in [0.2, 0.25) is 5.91 Å². The maximum atomic E-state index is 12.1. The third-order valence-corrected chi connectivity index (χ3v) is 4.33. The molecule has 3 rings (SSSR count). The number of hydrogen-bond acceptors (Lipinski definition) is 3. The summed E-state index contributed by atoms with van der Waals surface area (Å²) in [6.45, 7) is 8.13. The average Bonchev–Trinajstić information content (AvgIpc) is 2.66. The number of carbonyl (C=O) groups is 2. The molecule has 4 nitrogen and oxygen atoms in total. The third kappa shape index (κ3) is 3.53. The molecule has 0 spiro atoms. The van der Waals surface area contributed by atoms with E-state index in [1.165, 1.54) is 11.6 Å². The standard InChI is InChI=1S/C21H19NO3/c1-3-20(23)22-13-16-8-5-6-11-18(16)19(14-22)15-9-7-10-17(12-15)25-21(24)4-2/h3-12,19H,1-2,13-14H2/t19-/m0/s1. The fraction of sp³-hybridized carbons (Fsp3) is 0.143. The van der Waals surface area contributed by atoms with Crippen molar-refractivity contribution in [1.29, 1.82) is 0 Å². The van der Waals surface area contributed by atoms with E-state index in [-0.39, 0.29) is 11.8 Å². The maximum absolute atomic E-state index is 12.1. The summed E-state index contributed by atoms with van der Waals surface area (Å²) < 4.78 is 5.22. The Balaban J connectivity index is 1.98. The van der Waals surface area contributed by atoms with E-state index >= 15 is 0 Å². The molecular formula is C21H19NO3. The lowest BCUT2D eigenvalue weighted by atomic mass is 9.84. The van der Waals surface area contributed by atoms with Crippen LogP contribution < -0.4 is 4.74 Å². The van der Waals surface area contributed by atoms with Crippen molar-refractivity contribution in [3.63, 3.8) is 0 Å². The SMILES string of the molecule is C=CC(=O)Oc1cccc([C@@H]2CN(C(=O)C=C)Cc3ccccc32)c1. The van der Waals surface area contributed by atoms with Gasteiger partial charge in [0.25, 0.3) is 0 Å². The third-order valence-electron chi connectivity index (χ3n) is 4.33. The van der Waals surface area contributed by atoms with Crippen LogP contribution in [-0.2, 0) is 16.1 Å². The van der Waals surface area contributed by atoms with Crippen molar-refractivity contribution in [2.24, 2.45) is 0 Å². The van der Waals surface area contributed by atoms with Crippen molar-refractivity contribution < 1.29 is 14.3 Å². The van der Waals surface area contributed by atoms with E-state index in [0.29, 0.717) is 18.8 Å². The Morgan fingerprint density at radius 1 is 1.08 bits per heavy atom. The summed E-state index contributed by atoms with van der Waals surface area (Å²) >= 11 is 0. The quantitative estimate of drug-likeness (QED) is 0.489. The van der Waals surface area contributed by atoms with Gasteiger partial charge in [-0.25, -0.2) is 4.79 Å². The summed E-state index contributed by atoms with van der Waals surface area (Å²) in [5, 5.41) is 0. The van der Waals surface area contributed by atoms with Crippen LogP contribution in [0, 0.1) is 0 Å². The van der Waals surface area contributed by atoms with Gasteiger partial charge < -0.3 is 9.64 Å². The van der Waals surface area contributed by atoms with E-state index in [0.717, 1.165) is 17.2 Å². The largest absolute Gasteiger partial charge is 0.423 e.